The lowest BCUT2D eigenvalue weighted by atomic mass is 9.88. The van der Waals surface area contributed by atoms with Crippen LogP contribution in [0.4, 0.5) is 13.2 Å². The van der Waals surface area contributed by atoms with Crippen molar-refractivity contribution < 1.29 is 23.1 Å². The summed E-state index contributed by atoms with van der Waals surface area (Å²) in [6.45, 7) is 2.44. The van der Waals surface area contributed by atoms with E-state index >= 15 is 0 Å². The van der Waals surface area contributed by atoms with Crippen molar-refractivity contribution in [3.05, 3.63) is 17.1 Å². The van der Waals surface area contributed by atoms with Gasteiger partial charge in [-0.3, -0.25) is 4.68 Å². The smallest absolute Gasteiger partial charge is 0.394 e. The van der Waals surface area contributed by atoms with Gasteiger partial charge in [-0.15, -0.1) is 11.3 Å². The average molecular weight is 359 g/mol. The molecule has 0 saturated heterocycles. The second kappa shape index (κ2) is 5.23. The zero-order valence-corrected chi connectivity index (χ0v) is 14.1. The Morgan fingerprint density at radius 2 is 2.04 bits per heavy atom. The van der Waals surface area contributed by atoms with Crippen molar-refractivity contribution in [2.75, 3.05) is 0 Å². The molecule has 0 spiro atoms. The van der Waals surface area contributed by atoms with Crippen molar-refractivity contribution in [1.29, 1.82) is 0 Å². The summed E-state index contributed by atoms with van der Waals surface area (Å²) in [7, 11) is 1.72. The molecule has 1 N–H and O–H groups in total. The van der Waals surface area contributed by atoms with E-state index in [9.17, 15) is 18.0 Å². The second-order valence-electron chi connectivity index (χ2n) is 6.45. The lowest BCUT2D eigenvalue weighted by Gasteiger charge is -2.27. The van der Waals surface area contributed by atoms with Gasteiger partial charge in [0, 0.05) is 19.8 Å². The maximum absolute atomic E-state index is 13.1. The van der Waals surface area contributed by atoms with Crippen LogP contribution in [-0.4, -0.2) is 31.6 Å². The van der Waals surface area contributed by atoms with Gasteiger partial charge < -0.3 is 9.67 Å². The van der Waals surface area contributed by atoms with Crippen molar-refractivity contribution in [3.63, 3.8) is 0 Å². The van der Waals surface area contributed by atoms with Gasteiger partial charge in [0.25, 0.3) is 0 Å². The van der Waals surface area contributed by atoms with Crippen LogP contribution in [0.5, 0.6) is 0 Å². The predicted molar refractivity (Wildman–Crippen MR) is 85.5 cm³/mol. The topological polar surface area (TPSA) is 60.1 Å². The third-order valence-electron chi connectivity index (χ3n) is 4.25. The molecule has 5 nitrogen and oxygen atoms in total. The Hall–Kier alpha value is -2.03. The monoisotopic (exact) mass is 359 g/mol. The first-order valence-electron chi connectivity index (χ1n) is 7.26. The molecule has 0 aromatic carbocycles. The van der Waals surface area contributed by atoms with Gasteiger partial charge in [0.2, 0.25) is 0 Å². The van der Waals surface area contributed by atoms with Crippen LogP contribution < -0.4 is 0 Å². The number of alkyl halides is 3. The van der Waals surface area contributed by atoms with Crippen molar-refractivity contribution in [2.24, 2.45) is 12.5 Å². The van der Waals surface area contributed by atoms with Gasteiger partial charge in [-0.05, 0) is 12.5 Å². The summed E-state index contributed by atoms with van der Waals surface area (Å²) in [5, 5.41) is 14.2. The molecule has 3 aromatic heterocycles. The number of hydrogen-bond acceptors (Lipinski definition) is 3. The molecule has 0 radical (unpaired) electrons. The number of fused-ring (bicyclic) bond motifs is 3. The van der Waals surface area contributed by atoms with Gasteiger partial charge in [0.1, 0.15) is 4.88 Å². The molecule has 0 aliphatic rings. The lowest BCUT2D eigenvalue weighted by Crippen LogP contribution is -2.33. The summed E-state index contributed by atoms with van der Waals surface area (Å²) in [6, 6.07) is 1.50. The van der Waals surface area contributed by atoms with E-state index in [0.29, 0.717) is 11.2 Å². The number of aromatic carboxylic acids is 1. The highest BCUT2D eigenvalue weighted by Crippen LogP contribution is 2.42. The molecule has 0 saturated carbocycles. The summed E-state index contributed by atoms with van der Waals surface area (Å²) in [5.41, 5.74) is -0.641. The fourth-order valence-corrected chi connectivity index (χ4v) is 3.60. The molecular formula is C15H16F3N3O2S. The summed E-state index contributed by atoms with van der Waals surface area (Å²) in [4.78, 5) is 11.4. The van der Waals surface area contributed by atoms with Crippen molar-refractivity contribution >= 4 is 38.6 Å². The molecule has 0 fully saturated rings. The number of aromatic nitrogens is 3. The van der Waals surface area contributed by atoms with Crippen LogP contribution in [0.15, 0.2) is 12.3 Å². The van der Waals surface area contributed by atoms with Crippen LogP contribution in [-0.2, 0) is 13.6 Å². The quantitative estimate of drug-likeness (QED) is 0.757. The van der Waals surface area contributed by atoms with E-state index < -0.39 is 17.6 Å². The number of thiophene rings is 1. The minimum absolute atomic E-state index is 0.110. The number of rotatable bonds is 4. The van der Waals surface area contributed by atoms with Gasteiger partial charge in [-0.25, -0.2) is 4.79 Å². The summed E-state index contributed by atoms with van der Waals surface area (Å²) in [6.07, 6.45) is -2.67. The number of nitrogens with zero attached hydrogens (tertiary/aromatic N) is 3. The first kappa shape index (κ1) is 16.8. The molecule has 0 atom stereocenters. The van der Waals surface area contributed by atoms with E-state index in [-0.39, 0.29) is 17.8 Å². The predicted octanol–water partition coefficient (Wildman–Crippen LogP) is 4.27. The number of carboxylic acids is 1. The Morgan fingerprint density at radius 1 is 1.38 bits per heavy atom. The number of hydrogen-bond donors (Lipinski definition) is 1. The lowest BCUT2D eigenvalue weighted by molar-refractivity contribution is -0.214. The first-order chi connectivity index (χ1) is 11.0. The van der Waals surface area contributed by atoms with Crippen molar-refractivity contribution in [3.8, 4) is 0 Å². The Morgan fingerprint density at radius 3 is 2.62 bits per heavy atom. The highest BCUT2D eigenvalue weighted by Gasteiger charge is 2.46. The highest BCUT2D eigenvalue weighted by atomic mass is 32.1. The number of aryl methyl sites for hydroxylation is 2. The Balaban J connectivity index is 2.09. The van der Waals surface area contributed by atoms with E-state index in [1.807, 2.05) is 0 Å². The summed E-state index contributed by atoms with van der Waals surface area (Å²) < 4.78 is 43.3. The summed E-state index contributed by atoms with van der Waals surface area (Å²) >= 11 is 1.11. The van der Waals surface area contributed by atoms with E-state index in [4.69, 9.17) is 5.11 Å². The molecule has 0 bridgehead atoms. The molecular weight excluding hydrogens is 343 g/mol. The van der Waals surface area contributed by atoms with Gasteiger partial charge in [-0.1, -0.05) is 13.8 Å². The minimum atomic E-state index is -4.30. The highest BCUT2D eigenvalue weighted by molar-refractivity contribution is 7.21. The first-order valence-corrected chi connectivity index (χ1v) is 8.08. The van der Waals surface area contributed by atoms with Crippen LogP contribution in [0.1, 0.15) is 29.9 Å². The standard InChI is InChI=1S/C15H16F3N3O2S/c1-14(2,15(16,17)18)4-5-21-9-6-10(13(22)23)24-11(9)8-7-20(3)19-12(8)21/h6-7H,4-5H2,1-3H3,(H,22,23). The summed E-state index contributed by atoms with van der Waals surface area (Å²) in [5.74, 6) is -1.05. The van der Waals surface area contributed by atoms with E-state index in [2.05, 4.69) is 5.10 Å². The zero-order valence-electron chi connectivity index (χ0n) is 13.3. The molecule has 0 aliphatic carbocycles. The minimum Gasteiger partial charge on any atom is -0.477 e. The molecule has 0 aliphatic heterocycles. The second-order valence-corrected chi connectivity index (χ2v) is 7.51. The van der Waals surface area contributed by atoms with Crippen molar-refractivity contribution in [2.45, 2.75) is 33.0 Å². The molecule has 0 unspecified atom stereocenters. The van der Waals surface area contributed by atoms with E-state index in [1.54, 1.807) is 22.5 Å². The maximum atomic E-state index is 13.1. The normalized spacial score (nSPS) is 13.2. The molecule has 24 heavy (non-hydrogen) atoms. The molecule has 3 heterocycles. The van der Waals surface area contributed by atoms with Crippen LogP contribution in [0.25, 0.3) is 21.3 Å². The molecule has 130 valence electrons. The molecule has 0 amide bonds. The number of carboxylic acid groups (broad SMARTS) is 1. The van der Waals surface area contributed by atoms with Crippen LogP contribution in [0.3, 0.4) is 0 Å². The van der Waals surface area contributed by atoms with Crippen LogP contribution in [0, 0.1) is 5.41 Å². The fourth-order valence-electron chi connectivity index (χ4n) is 2.59. The zero-order chi connectivity index (χ0) is 17.9. The van der Waals surface area contributed by atoms with E-state index in [1.165, 1.54) is 19.9 Å². The number of carbonyl (C=O) groups is 1. The molecule has 9 heteroatoms. The maximum Gasteiger partial charge on any atom is 0.394 e. The largest absolute Gasteiger partial charge is 0.477 e. The van der Waals surface area contributed by atoms with E-state index in [0.717, 1.165) is 21.4 Å². The fraction of sp³-hybridized carbons (Fsp3) is 0.467. The Bertz CT molecular complexity index is 933. The van der Waals surface area contributed by atoms with Gasteiger partial charge in [0.15, 0.2) is 5.65 Å². The van der Waals surface area contributed by atoms with Gasteiger partial charge in [0.05, 0.1) is 21.0 Å². The third kappa shape index (κ3) is 2.56. The Labute approximate surface area is 139 Å². The Kier molecular flexibility index (Phi) is 3.67. The van der Waals surface area contributed by atoms with Crippen LogP contribution >= 0.6 is 11.3 Å². The van der Waals surface area contributed by atoms with Crippen molar-refractivity contribution in [1.82, 2.24) is 14.3 Å². The van der Waals surface area contributed by atoms with Gasteiger partial charge in [-0.2, -0.15) is 18.3 Å². The third-order valence-corrected chi connectivity index (χ3v) is 5.40. The average Bonchev–Trinajstić information content (AvgIpc) is 3.06. The molecule has 3 aromatic rings. The number of halogens is 3. The van der Waals surface area contributed by atoms with Crippen LogP contribution in [0.2, 0.25) is 0 Å². The SMILES string of the molecule is Cn1cc2c3sc(C(=O)O)cc3n(CCC(C)(C)C(F)(F)F)c2n1. The van der Waals surface area contributed by atoms with Gasteiger partial charge >= 0.3 is 12.1 Å². The molecule has 3 rings (SSSR count).